The zero-order chi connectivity index (χ0) is 12.3. The summed E-state index contributed by atoms with van der Waals surface area (Å²) in [7, 11) is 0. The van der Waals surface area contributed by atoms with Crippen molar-refractivity contribution in [2.75, 3.05) is 0 Å². The van der Waals surface area contributed by atoms with Gasteiger partial charge in [-0.15, -0.1) is 0 Å². The van der Waals surface area contributed by atoms with Crippen molar-refractivity contribution in [3.63, 3.8) is 0 Å². The Morgan fingerprint density at radius 1 is 1.62 bits per heavy atom. The van der Waals surface area contributed by atoms with Gasteiger partial charge in [0.25, 0.3) is 5.71 Å². The molecule has 1 aliphatic rings. The maximum absolute atomic E-state index is 12.6. The van der Waals surface area contributed by atoms with Gasteiger partial charge >= 0.3 is 5.97 Å². The molecule has 1 unspecified atom stereocenters. The molecular formula is C10H15F2N2O2+. The number of nitrogens with one attached hydrogen (secondary N) is 1. The lowest BCUT2D eigenvalue weighted by Gasteiger charge is -2.35. The molecule has 16 heavy (non-hydrogen) atoms. The molecule has 0 bridgehead atoms. The van der Waals surface area contributed by atoms with Gasteiger partial charge in [0.2, 0.25) is 5.92 Å². The highest BCUT2D eigenvalue weighted by molar-refractivity contribution is 6.37. The Labute approximate surface area is 91.9 Å². The Morgan fingerprint density at radius 2 is 2.19 bits per heavy atom. The number of alkyl halides is 2. The predicted molar refractivity (Wildman–Crippen MR) is 54.1 cm³/mol. The smallest absolute Gasteiger partial charge is 0.400 e. The number of carboxylic acids is 1. The second kappa shape index (κ2) is 4.59. The Kier molecular flexibility index (Phi) is 3.62. The SMILES string of the molecule is CC([NH+]=C(/C=C\N)C(=O)O)C1CC(F)(F)C1. The van der Waals surface area contributed by atoms with Gasteiger partial charge in [-0.1, -0.05) is 0 Å². The summed E-state index contributed by atoms with van der Waals surface area (Å²) in [6.07, 6.45) is 1.91. The lowest BCUT2D eigenvalue weighted by molar-refractivity contribution is -0.515. The van der Waals surface area contributed by atoms with E-state index in [1.165, 1.54) is 6.08 Å². The highest BCUT2D eigenvalue weighted by Crippen LogP contribution is 2.43. The number of rotatable bonds is 4. The molecule has 6 heteroatoms. The molecule has 1 saturated carbocycles. The molecule has 1 rings (SSSR count). The number of nitrogens with two attached hydrogens (primary N) is 1. The third-order valence-corrected chi connectivity index (χ3v) is 2.71. The van der Waals surface area contributed by atoms with Gasteiger partial charge in [-0.2, -0.15) is 0 Å². The highest BCUT2D eigenvalue weighted by Gasteiger charge is 2.49. The van der Waals surface area contributed by atoms with Crippen LogP contribution in [0, 0.1) is 5.92 Å². The summed E-state index contributed by atoms with van der Waals surface area (Å²) in [5.74, 6) is -3.94. The molecule has 0 heterocycles. The van der Waals surface area contributed by atoms with Crippen molar-refractivity contribution >= 4 is 11.7 Å². The molecule has 4 nitrogen and oxygen atoms in total. The number of hydrogen-bond donors (Lipinski definition) is 3. The van der Waals surface area contributed by atoms with Crippen molar-refractivity contribution in [2.24, 2.45) is 11.7 Å². The topological polar surface area (TPSA) is 77.3 Å². The molecule has 1 atom stereocenters. The van der Waals surface area contributed by atoms with Crippen LogP contribution in [0.2, 0.25) is 0 Å². The summed E-state index contributed by atoms with van der Waals surface area (Å²) in [4.78, 5) is 13.4. The Balaban J connectivity index is 2.64. The minimum absolute atomic E-state index is 0.0785. The van der Waals surface area contributed by atoms with Gasteiger partial charge in [0.15, 0.2) is 6.04 Å². The average molecular weight is 233 g/mol. The summed E-state index contributed by atoms with van der Waals surface area (Å²) in [6, 6.07) is -0.304. The van der Waals surface area contributed by atoms with Crippen LogP contribution in [0.3, 0.4) is 0 Å². The molecule has 0 saturated heterocycles. The normalized spacial score (nSPS) is 23.1. The first-order chi connectivity index (χ1) is 7.35. The fourth-order valence-corrected chi connectivity index (χ4v) is 1.70. The van der Waals surface area contributed by atoms with Gasteiger partial charge in [-0.25, -0.2) is 18.6 Å². The number of carbonyl (C=O) groups is 1. The van der Waals surface area contributed by atoms with E-state index >= 15 is 0 Å². The summed E-state index contributed by atoms with van der Waals surface area (Å²) < 4.78 is 25.2. The van der Waals surface area contributed by atoms with Crippen molar-refractivity contribution < 1.29 is 23.7 Å². The fourth-order valence-electron chi connectivity index (χ4n) is 1.70. The lowest BCUT2D eigenvalue weighted by atomic mass is 9.77. The van der Waals surface area contributed by atoms with Crippen LogP contribution in [0.5, 0.6) is 0 Å². The summed E-state index contributed by atoms with van der Waals surface area (Å²) in [6.45, 7) is 1.69. The third kappa shape index (κ3) is 3.01. The molecule has 0 amide bonds. The molecular weight excluding hydrogens is 218 g/mol. The van der Waals surface area contributed by atoms with E-state index in [0.717, 1.165) is 6.20 Å². The monoisotopic (exact) mass is 233 g/mol. The van der Waals surface area contributed by atoms with Crippen molar-refractivity contribution in [2.45, 2.75) is 31.7 Å². The first kappa shape index (κ1) is 12.6. The second-order valence-corrected chi connectivity index (χ2v) is 4.04. The third-order valence-electron chi connectivity index (χ3n) is 2.71. The van der Waals surface area contributed by atoms with Gasteiger partial charge in [0.05, 0.1) is 0 Å². The van der Waals surface area contributed by atoms with E-state index in [4.69, 9.17) is 10.8 Å². The number of carboxylic acid groups (broad SMARTS) is 1. The van der Waals surface area contributed by atoms with Gasteiger partial charge < -0.3 is 10.8 Å². The molecule has 0 aromatic carbocycles. The summed E-state index contributed by atoms with van der Waals surface area (Å²) in [5.41, 5.74) is 5.01. The van der Waals surface area contributed by atoms with E-state index in [-0.39, 0.29) is 30.5 Å². The number of halogens is 2. The van der Waals surface area contributed by atoms with E-state index in [9.17, 15) is 13.6 Å². The molecule has 0 aliphatic heterocycles. The Morgan fingerprint density at radius 3 is 2.56 bits per heavy atom. The Bertz CT molecular complexity index is 332. The lowest BCUT2D eigenvalue weighted by Crippen LogP contribution is -2.82. The first-order valence-corrected chi connectivity index (χ1v) is 4.98. The summed E-state index contributed by atoms with van der Waals surface area (Å²) >= 11 is 0. The maximum atomic E-state index is 12.6. The van der Waals surface area contributed by atoms with Crippen molar-refractivity contribution in [1.29, 1.82) is 0 Å². The number of aliphatic carboxylic acids is 1. The van der Waals surface area contributed by atoms with Crippen LogP contribution in [0.15, 0.2) is 12.3 Å². The van der Waals surface area contributed by atoms with Crippen LogP contribution in [0.1, 0.15) is 19.8 Å². The molecule has 0 radical (unpaired) electrons. The molecule has 4 N–H and O–H groups in total. The fraction of sp³-hybridized carbons (Fsp3) is 0.600. The van der Waals surface area contributed by atoms with E-state index in [0.29, 0.717) is 0 Å². The second-order valence-electron chi connectivity index (χ2n) is 4.04. The predicted octanol–water partition coefficient (Wildman–Crippen LogP) is -0.501. The van der Waals surface area contributed by atoms with Crippen LogP contribution in [0.25, 0.3) is 0 Å². The summed E-state index contributed by atoms with van der Waals surface area (Å²) in [5, 5.41) is 8.77. The zero-order valence-corrected chi connectivity index (χ0v) is 8.91. The van der Waals surface area contributed by atoms with Gasteiger partial charge in [0, 0.05) is 31.0 Å². The maximum Gasteiger partial charge on any atom is 0.400 e. The van der Waals surface area contributed by atoms with Crippen LogP contribution in [0.4, 0.5) is 8.78 Å². The molecule has 1 aliphatic carbocycles. The minimum Gasteiger partial charge on any atom is -0.473 e. The van der Waals surface area contributed by atoms with Gasteiger partial charge in [0.1, 0.15) is 0 Å². The van der Waals surface area contributed by atoms with Crippen molar-refractivity contribution in [1.82, 2.24) is 0 Å². The number of hydrogen-bond acceptors (Lipinski definition) is 2. The van der Waals surface area contributed by atoms with E-state index in [2.05, 4.69) is 4.99 Å². The van der Waals surface area contributed by atoms with Crippen LogP contribution < -0.4 is 10.7 Å². The molecule has 0 aromatic rings. The van der Waals surface area contributed by atoms with Crippen LogP contribution in [-0.4, -0.2) is 28.8 Å². The van der Waals surface area contributed by atoms with E-state index in [1.54, 1.807) is 6.92 Å². The van der Waals surface area contributed by atoms with E-state index in [1.807, 2.05) is 0 Å². The minimum atomic E-state index is -2.59. The highest BCUT2D eigenvalue weighted by atomic mass is 19.3. The standard InChI is InChI=1S/C10H14F2N2O2/c1-6(7-4-10(11,12)5-7)14-8(2-3-13)9(15)16/h2-3,6-7H,4-5,13H2,1H3,(H,15,16)/p+1/b3-2-,14-8?. The van der Waals surface area contributed by atoms with Crippen LogP contribution in [-0.2, 0) is 4.79 Å². The van der Waals surface area contributed by atoms with Crippen molar-refractivity contribution in [3.8, 4) is 0 Å². The van der Waals surface area contributed by atoms with Gasteiger partial charge in [-0.3, -0.25) is 0 Å². The van der Waals surface area contributed by atoms with E-state index < -0.39 is 11.9 Å². The molecule has 0 aromatic heterocycles. The molecule has 90 valence electrons. The molecule has 1 fully saturated rings. The van der Waals surface area contributed by atoms with Crippen LogP contribution >= 0.6 is 0 Å². The van der Waals surface area contributed by atoms with Gasteiger partial charge in [-0.05, 0) is 6.92 Å². The zero-order valence-electron chi connectivity index (χ0n) is 8.91. The average Bonchev–Trinajstić information content (AvgIpc) is 2.12. The first-order valence-electron chi connectivity index (χ1n) is 4.98. The van der Waals surface area contributed by atoms with Crippen molar-refractivity contribution in [3.05, 3.63) is 12.3 Å². The Hall–Kier alpha value is -1.46. The largest absolute Gasteiger partial charge is 0.473 e. The quantitative estimate of drug-likeness (QED) is 0.573. The molecule has 0 spiro atoms.